The zero-order valence-electron chi connectivity index (χ0n) is 8.08. The fourth-order valence-electron chi connectivity index (χ4n) is 1.50. The second-order valence-electron chi connectivity index (χ2n) is 3.34. The van der Waals surface area contributed by atoms with Gasteiger partial charge in [-0.2, -0.15) is 0 Å². The summed E-state index contributed by atoms with van der Waals surface area (Å²) in [6.45, 7) is -0.415. The maximum atomic E-state index is 12.5. The molecule has 0 aliphatic heterocycles. The first-order valence-electron chi connectivity index (χ1n) is 4.70. The minimum absolute atomic E-state index is 0.415. The predicted octanol–water partition coefficient (Wildman–Crippen LogP) is 4.59. The van der Waals surface area contributed by atoms with Crippen LogP contribution in [0.25, 0.3) is 11.1 Å². The van der Waals surface area contributed by atoms with Crippen LogP contribution in [-0.2, 0) is 6.67 Å². The van der Waals surface area contributed by atoms with E-state index in [-0.39, 0.29) is 0 Å². The number of hydrogen-bond donors (Lipinski definition) is 0. The van der Waals surface area contributed by atoms with Crippen LogP contribution in [0.3, 0.4) is 0 Å². The van der Waals surface area contributed by atoms with Gasteiger partial charge >= 0.3 is 0 Å². The Morgan fingerprint density at radius 2 is 1.60 bits per heavy atom. The number of halogens is 2. The van der Waals surface area contributed by atoms with Gasteiger partial charge in [0.05, 0.1) is 0 Å². The Kier molecular flexibility index (Phi) is 3.17. The SMILES string of the molecule is FCc1cccc(-c2cccc(Br)c2)c1. The minimum atomic E-state index is -0.415. The lowest BCUT2D eigenvalue weighted by molar-refractivity contribution is 0.485. The quantitative estimate of drug-likeness (QED) is 0.745. The van der Waals surface area contributed by atoms with E-state index in [2.05, 4.69) is 15.9 Å². The van der Waals surface area contributed by atoms with Crippen LogP contribution in [0.5, 0.6) is 0 Å². The van der Waals surface area contributed by atoms with Gasteiger partial charge in [0.1, 0.15) is 6.67 Å². The number of rotatable bonds is 2. The summed E-state index contributed by atoms with van der Waals surface area (Å²) in [5, 5.41) is 0. The van der Waals surface area contributed by atoms with Crippen molar-refractivity contribution in [1.29, 1.82) is 0 Å². The molecule has 2 rings (SSSR count). The Hall–Kier alpha value is -1.15. The van der Waals surface area contributed by atoms with E-state index < -0.39 is 6.67 Å². The molecule has 0 bridgehead atoms. The molecule has 2 aromatic rings. The fourth-order valence-corrected chi connectivity index (χ4v) is 1.90. The standard InChI is InChI=1S/C13H10BrF/c14-13-6-2-5-12(8-13)11-4-1-3-10(7-11)9-15/h1-8H,9H2. The van der Waals surface area contributed by atoms with Crippen LogP contribution in [0.15, 0.2) is 53.0 Å². The summed E-state index contributed by atoms with van der Waals surface area (Å²) in [7, 11) is 0. The number of alkyl halides is 1. The van der Waals surface area contributed by atoms with Crippen molar-refractivity contribution in [2.75, 3.05) is 0 Å². The third-order valence-electron chi connectivity index (χ3n) is 2.24. The number of benzene rings is 2. The van der Waals surface area contributed by atoms with Gasteiger partial charge in [-0.15, -0.1) is 0 Å². The van der Waals surface area contributed by atoms with E-state index in [9.17, 15) is 4.39 Å². The molecule has 15 heavy (non-hydrogen) atoms. The van der Waals surface area contributed by atoms with E-state index in [0.717, 1.165) is 15.6 Å². The normalized spacial score (nSPS) is 10.3. The van der Waals surface area contributed by atoms with Crippen molar-refractivity contribution in [3.63, 3.8) is 0 Å². The van der Waals surface area contributed by atoms with E-state index in [0.29, 0.717) is 5.56 Å². The Morgan fingerprint density at radius 1 is 0.933 bits per heavy atom. The highest BCUT2D eigenvalue weighted by atomic mass is 79.9. The lowest BCUT2D eigenvalue weighted by Crippen LogP contribution is -1.81. The topological polar surface area (TPSA) is 0 Å². The summed E-state index contributed by atoms with van der Waals surface area (Å²) >= 11 is 3.42. The van der Waals surface area contributed by atoms with Crippen LogP contribution in [0.1, 0.15) is 5.56 Å². The van der Waals surface area contributed by atoms with Crippen molar-refractivity contribution in [1.82, 2.24) is 0 Å². The van der Waals surface area contributed by atoms with E-state index in [1.807, 2.05) is 42.5 Å². The Labute approximate surface area is 96.9 Å². The molecule has 76 valence electrons. The van der Waals surface area contributed by atoms with Crippen molar-refractivity contribution in [3.05, 3.63) is 58.6 Å². The smallest absolute Gasteiger partial charge is 0.115 e. The Morgan fingerprint density at radius 3 is 2.27 bits per heavy atom. The molecule has 0 aliphatic carbocycles. The van der Waals surface area contributed by atoms with Gasteiger partial charge < -0.3 is 0 Å². The Bertz CT molecular complexity index is 466. The molecule has 0 fully saturated rings. The molecule has 0 nitrogen and oxygen atoms in total. The van der Waals surface area contributed by atoms with E-state index >= 15 is 0 Å². The molecular weight excluding hydrogens is 255 g/mol. The van der Waals surface area contributed by atoms with Crippen molar-refractivity contribution in [2.24, 2.45) is 0 Å². The highest BCUT2D eigenvalue weighted by molar-refractivity contribution is 9.10. The van der Waals surface area contributed by atoms with Gasteiger partial charge in [-0.3, -0.25) is 0 Å². The minimum Gasteiger partial charge on any atom is -0.246 e. The summed E-state index contributed by atoms with van der Waals surface area (Å²) in [6, 6.07) is 15.5. The van der Waals surface area contributed by atoms with E-state index in [1.165, 1.54) is 0 Å². The molecule has 2 heteroatoms. The molecule has 0 saturated heterocycles. The molecule has 0 spiro atoms. The van der Waals surface area contributed by atoms with Gasteiger partial charge in [0, 0.05) is 4.47 Å². The molecule has 0 amide bonds. The molecule has 0 aliphatic rings. The Balaban J connectivity index is 2.44. The molecule has 0 N–H and O–H groups in total. The second kappa shape index (κ2) is 4.58. The summed E-state index contributed by atoms with van der Waals surface area (Å²) in [4.78, 5) is 0. The molecular formula is C13H10BrF. The molecule has 2 aromatic carbocycles. The first kappa shape index (κ1) is 10.4. The zero-order valence-corrected chi connectivity index (χ0v) is 9.67. The maximum absolute atomic E-state index is 12.5. The lowest BCUT2D eigenvalue weighted by atomic mass is 10.0. The molecule has 0 radical (unpaired) electrons. The van der Waals surface area contributed by atoms with E-state index in [4.69, 9.17) is 0 Å². The summed E-state index contributed by atoms with van der Waals surface area (Å²) in [6.07, 6.45) is 0. The highest BCUT2D eigenvalue weighted by Gasteiger charge is 1.99. The predicted molar refractivity (Wildman–Crippen MR) is 64.4 cm³/mol. The average Bonchev–Trinajstić information content (AvgIpc) is 2.29. The van der Waals surface area contributed by atoms with Crippen LogP contribution in [0, 0.1) is 0 Å². The van der Waals surface area contributed by atoms with Gasteiger partial charge in [-0.25, -0.2) is 4.39 Å². The summed E-state index contributed by atoms with van der Waals surface area (Å²) in [5.41, 5.74) is 2.86. The van der Waals surface area contributed by atoms with Gasteiger partial charge in [0.15, 0.2) is 0 Å². The zero-order chi connectivity index (χ0) is 10.7. The monoisotopic (exact) mass is 264 g/mol. The van der Waals surface area contributed by atoms with Crippen LogP contribution in [-0.4, -0.2) is 0 Å². The third kappa shape index (κ3) is 2.45. The van der Waals surface area contributed by atoms with Crippen molar-refractivity contribution in [3.8, 4) is 11.1 Å². The average molecular weight is 265 g/mol. The van der Waals surface area contributed by atoms with E-state index in [1.54, 1.807) is 6.07 Å². The summed E-state index contributed by atoms with van der Waals surface area (Å²) < 4.78 is 13.5. The maximum Gasteiger partial charge on any atom is 0.115 e. The lowest BCUT2D eigenvalue weighted by Gasteiger charge is -2.03. The van der Waals surface area contributed by atoms with Crippen LogP contribution < -0.4 is 0 Å². The largest absolute Gasteiger partial charge is 0.246 e. The van der Waals surface area contributed by atoms with Gasteiger partial charge in [0.2, 0.25) is 0 Å². The molecule has 0 aromatic heterocycles. The molecule has 0 heterocycles. The van der Waals surface area contributed by atoms with Gasteiger partial charge in [-0.05, 0) is 34.9 Å². The first-order valence-corrected chi connectivity index (χ1v) is 5.50. The van der Waals surface area contributed by atoms with Gasteiger partial charge in [-0.1, -0.05) is 46.3 Å². The highest BCUT2D eigenvalue weighted by Crippen LogP contribution is 2.23. The molecule has 0 unspecified atom stereocenters. The van der Waals surface area contributed by atoms with Crippen molar-refractivity contribution >= 4 is 15.9 Å². The molecule has 0 atom stereocenters. The fraction of sp³-hybridized carbons (Fsp3) is 0.0769. The van der Waals surface area contributed by atoms with Gasteiger partial charge in [0.25, 0.3) is 0 Å². The first-order chi connectivity index (χ1) is 7.29. The van der Waals surface area contributed by atoms with Crippen LogP contribution in [0.4, 0.5) is 4.39 Å². The van der Waals surface area contributed by atoms with Crippen LogP contribution in [0.2, 0.25) is 0 Å². The second-order valence-corrected chi connectivity index (χ2v) is 4.26. The molecule has 0 saturated carbocycles. The summed E-state index contributed by atoms with van der Waals surface area (Å²) in [5.74, 6) is 0. The van der Waals surface area contributed by atoms with Crippen molar-refractivity contribution < 1.29 is 4.39 Å². The third-order valence-corrected chi connectivity index (χ3v) is 2.73. The number of hydrogen-bond acceptors (Lipinski definition) is 0. The van der Waals surface area contributed by atoms with Crippen LogP contribution >= 0.6 is 15.9 Å². The van der Waals surface area contributed by atoms with Crippen molar-refractivity contribution in [2.45, 2.75) is 6.67 Å².